The minimum atomic E-state index is -0.852. The molecule has 0 aliphatic carbocycles. The molecule has 0 heterocycles. The van der Waals surface area contributed by atoms with Crippen LogP contribution in [0.3, 0.4) is 0 Å². The molecule has 3 N–H and O–H groups in total. The topological polar surface area (TPSA) is 77.8 Å². The van der Waals surface area contributed by atoms with Crippen LogP contribution in [0, 0.1) is 0 Å². The summed E-state index contributed by atoms with van der Waals surface area (Å²) in [5.41, 5.74) is 0. The maximum atomic E-state index is 10.3. The van der Waals surface area contributed by atoms with Gasteiger partial charge in [0.15, 0.2) is 0 Å². The summed E-state index contributed by atoms with van der Waals surface area (Å²) < 4.78 is 0. The first-order valence-electron chi connectivity index (χ1n) is 8.49. The maximum Gasteiger partial charge on any atom is 0.303 e. The molecule has 4 nitrogen and oxygen atoms in total. The average molecular weight is 312 g/mol. The molecule has 2 atom stereocenters. The van der Waals surface area contributed by atoms with E-state index in [4.69, 9.17) is 5.11 Å². The fraction of sp³-hybridized carbons (Fsp3) is 0.722. The molecule has 2 unspecified atom stereocenters. The summed E-state index contributed by atoms with van der Waals surface area (Å²) in [5.74, 6) is -0.736. The number of unbranched alkanes of at least 4 members (excludes halogenated alkanes) is 7. The minimum Gasteiger partial charge on any atom is -0.481 e. The van der Waals surface area contributed by atoms with E-state index in [2.05, 4.69) is 6.92 Å². The third kappa shape index (κ3) is 13.8. The van der Waals surface area contributed by atoms with Gasteiger partial charge in [-0.2, -0.15) is 0 Å². The monoisotopic (exact) mass is 312 g/mol. The van der Waals surface area contributed by atoms with Gasteiger partial charge in [0.25, 0.3) is 0 Å². The van der Waals surface area contributed by atoms with E-state index in [1.165, 1.54) is 12.8 Å². The highest BCUT2D eigenvalue weighted by molar-refractivity contribution is 5.66. The molecule has 0 aliphatic heterocycles. The second-order valence-corrected chi connectivity index (χ2v) is 5.68. The molecule has 22 heavy (non-hydrogen) atoms. The number of rotatable bonds is 14. The van der Waals surface area contributed by atoms with Crippen LogP contribution in [0.5, 0.6) is 0 Å². The van der Waals surface area contributed by atoms with Crippen LogP contribution in [-0.4, -0.2) is 33.5 Å². The van der Waals surface area contributed by atoms with Crippen molar-refractivity contribution < 1.29 is 20.1 Å². The predicted octanol–water partition coefficient (Wildman–Crippen LogP) is 3.83. The Bertz CT molecular complexity index is 323. The minimum absolute atomic E-state index is 0.241. The van der Waals surface area contributed by atoms with E-state index in [-0.39, 0.29) is 6.42 Å². The lowest BCUT2D eigenvalue weighted by Crippen LogP contribution is -2.21. The number of hydrogen-bond donors (Lipinski definition) is 3. The van der Waals surface area contributed by atoms with Crippen molar-refractivity contribution in [2.75, 3.05) is 0 Å². The van der Waals surface area contributed by atoms with Gasteiger partial charge >= 0.3 is 5.97 Å². The standard InChI is InChI=1S/C18H32O4/c1-2-3-4-7-10-13-16(19)17(20)14-11-8-5-6-9-12-15-18(21)22/h10-11,13-14,16-17,19-20H,2-9,12,15H2,1H3,(H,21,22)/b13-10-,14-11+. The lowest BCUT2D eigenvalue weighted by molar-refractivity contribution is -0.137. The van der Waals surface area contributed by atoms with Crippen LogP contribution in [0.1, 0.15) is 71.1 Å². The number of hydrogen-bond acceptors (Lipinski definition) is 3. The van der Waals surface area contributed by atoms with E-state index in [1.54, 1.807) is 12.2 Å². The molecule has 0 radical (unpaired) electrons. The second-order valence-electron chi connectivity index (χ2n) is 5.68. The van der Waals surface area contributed by atoms with Gasteiger partial charge in [-0.25, -0.2) is 0 Å². The zero-order valence-electron chi connectivity index (χ0n) is 13.8. The zero-order valence-corrected chi connectivity index (χ0v) is 13.8. The number of carboxylic acid groups (broad SMARTS) is 1. The first-order chi connectivity index (χ1) is 10.6. The van der Waals surface area contributed by atoms with Crippen molar-refractivity contribution in [3.8, 4) is 0 Å². The molecule has 0 saturated carbocycles. The summed E-state index contributed by atoms with van der Waals surface area (Å²) in [6.07, 6.45) is 14.6. The van der Waals surface area contributed by atoms with Crippen LogP contribution in [0.15, 0.2) is 24.3 Å². The van der Waals surface area contributed by atoms with E-state index in [0.717, 1.165) is 44.9 Å². The Morgan fingerprint density at radius 1 is 0.864 bits per heavy atom. The van der Waals surface area contributed by atoms with Crippen molar-refractivity contribution in [2.24, 2.45) is 0 Å². The zero-order chi connectivity index (χ0) is 16.6. The molecule has 0 amide bonds. The van der Waals surface area contributed by atoms with Crippen molar-refractivity contribution in [1.82, 2.24) is 0 Å². The van der Waals surface area contributed by atoms with Gasteiger partial charge in [-0.05, 0) is 32.1 Å². The summed E-state index contributed by atoms with van der Waals surface area (Å²) in [6, 6.07) is 0. The number of aliphatic carboxylic acids is 1. The molecule has 0 saturated heterocycles. The molecule has 0 rings (SSSR count). The van der Waals surface area contributed by atoms with Crippen LogP contribution in [0.25, 0.3) is 0 Å². The first kappa shape index (κ1) is 20.9. The third-order valence-corrected chi connectivity index (χ3v) is 3.50. The van der Waals surface area contributed by atoms with Crippen LogP contribution < -0.4 is 0 Å². The Balaban J connectivity index is 3.63. The average Bonchev–Trinajstić information content (AvgIpc) is 2.48. The predicted molar refractivity (Wildman–Crippen MR) is 89.8 cm³/mol. The quantitative estimate of drug-likeness (QED) is 0.336. The van der Waals surface area contributed by atoms with Gasteiger partial charge in [-0.3, -0.25) is 4.79 Å². The van der Waals surface area contributed by atoms with Crippen molar-refractivity contribution in [2.45, 2.75) is 83.3 Å². The van der Waals surface area contributed by atoms with E-state index in [1.807, 2.05) is 12.2 Å². The smallest absolute Gasteiger partial charge is 0.303 e. The fourth-order valence-electron chi connectivity index (χ4n) is 2.10. The van der Waals surface area contributed by atoms with Gasteiger partial charge in [-0.15, -0.1) is 0 Å². The summed E-state index contributed by atoms with van der Waals surface area (Å²) in [6.45, 7) is 2.15. The van der Waals surface area contributed by atoms with E-state index < -0.39 is 18.2 Å². The molecule has 0 aromatic heterocycles. The first-order valence-corrected chi connectivity index (χ1v) is 8.49. The van der Waals surface area contributed by atoms with Gasteiger partial charge in [0.05, 0.1) is 0 Å². The summed E-state index contributed by atoms with van der Waals surface area (Å²) in [4.78, 5) is 10.3. The molecule has 0 fully saturated rings. The summed E-state index contributed by atoms with van der Waals surface area (Å²) in [7, 11) is 0. The maximum absolute atomic E-state index is 10.3. The van der Waals surface area contributed by atoms with E-state index in [9.17, 15) is 15.0 Å². The lowest BCUT2D eigenvalue weighted by Gasteiger charge is -2.09. The normalized spacial score (nSPS) is 14.7. The van der Waals surface area contributed by atoms with Gasteiger partial charge in [0.1, 0.15) is 12.2 Å². The van der Waals surface area contributed by atoms with E-state index in [0.29, 0.717) is 0 Å². The third-order valence-electron chi connectivity index (χ3n) is 3.50. The molecular formula is C18H32O4. The molecule has 4 heteroatoms. The second kappa shape index (κ2) is 14.8. The Morgan fingerprint density at radius 2 is 1.36 bits per heavy atom. The lowest BCUT2D eigenvalue weighted by atomic mass is 10.1. The Kier molecular flexibility index (Phi) is 14.0. The Hall–Kier alpha value is -1.13. The molecule has 128 valence electrons. The molecule has 0 bridgehead atoms. The fourth-order valence-corrected chi connectivity index (χ4v) is 2.10. The van der Waals surface area contributed by atoms with Gasteiger partial charge < -0.3 is 15.3 Å². The number of carbonyl (C=O) groups is 1. The van der Waals surface area contributed by atoms with Crippen molar-refractivity contribution in [3.05, 3.63) is 24.3 Å². The van der Waals surface area contributed by atoms with Gasteiger partial charge in [0, 0.05) is 6.42 Å². The molecule has 0 spiro atoms. The highest BCUT2D eigenvalue weighted by atomic mass is 16.4. The van der Waals surface area contributed by atoms with Crippen LogP contribution in [0.2, 0.25) is 0 Å². The molecule has 0 aromatic rings. The van der Waals surface area contributed by atoms with Crippen LogP contribution >= 0.6 is 0 Å². The van der Waals surface area contributed by atoms with Gasteiger partial charge in [0.2, 0.25) is 0 Å². The highest BCUT2D eigenvalue weighted by Gasteiger charge is 2.08. The highest BCUT2D eigenvalue weighted by Crippen LogP contribution is 2.07. The Morgan fingerprint density at radius 3 is 1.86 bits per heavy atom. The number of aliphatic hydroxyl groups excluding tert-OH is 2. The van der Waals surface area contributed by atoms with Crippen LogP contribution in [-0.2, 0) is 4.79 Å². The SMILES string of the molecule is CCCCC/C=C\C(O)C(O)/C=C/CCCCCCC(=O)O. The summed E-state index contributed by atoms with van der Waals surface area (Å²) in [5, 5.41) is 28.0. The van der Waals surface area contributed by atoms with Crippen LogP contribution in [0.4, 0.5) is 0 Å². The number of carboxylic acids is 1. The largest absolute Gasteiger partial charge is 0.481 e. The van der Waals surface area contributed by atoms with Gasteiger partial charge in [-0.1, -0.05) is 56.9 Å². The number of allylic oxidation sites excluding steroid dienone is 2. The molecule has 0 aromatic carbocycles. The van der Waals surface area contributed by atoms with Crippen molar-refractivity contribution in [3.63, 3.8) is 0 Å². The van der Waals surface area contributed by atoms with Crippen molar-refractivity contribution >= 4 is 5.97 Å². The van der Waals surface area contributed by atoms with Crippen molar-refractivity contribution in [1.29, 1.82) is 0 Å². The number of aliphatic hydroxyl groups is 2. The Labute approximate surface area is 134 Å². The molecule has 0 aliphatic rings. The summed E-state index contributed by atoms with van der Waals surface area (Å²) >= 11 is 0. The van der Waals surface area contributed by atoms with E-state index >= 15 is 0 Å². The molecular weight excluding hydrogens is 280 g/mol.